The molecule has 0 bridgehead atoms. The van der Waals surface area contributed by atoms with Crippen LogP contribution in [-0.4, -0.2) is 57.2 Å². The second-order valence-electron chi connectivity index (χ2n) is 7.74. The molecule has 2 aromatic rings. The molecule has 0 radical (unpaired) electrons. The second kappa shape index (κ2) is 8.48. The van der Waals surface area contributed by atoms with Crippen molar-refractivity contribution in [2.24, 2.45) is 0 Å². The Bertz CT molecular complexity index is 1120. The van der Waals surface area contributed by atoms with Crippen LogP contribution in [0.4, 0.5) is 5.82 Å². The first-order chi connectivity index (χ1) is 14.0. The first-order valence-electron chi connectivity index (χ1n) is 9.49. The molecule has 9 nitrogen and oxygen atoms in total. The Morgan fingerprint density at radius 2 is 1.90 bits per heavy atom. The van der Waals surface area contributed by atoms with Crippen molar-refractivity contribution in [3.05, 3.63) is 41.7 Å². The Hall–Kier alpha value is -2.24. The van der Waals surface area contributed by atoms with Crippen molar-refractivity contribution < 1.29 is 26.2 Å². The molecule has 0 unspecified atom stereocenters. The summed E-state index contributed by atoms with van der Waals surface area (Å²) in [6.45, 7) is 5.41. The topological polar surface area (TPSA) is 135 Å². The van der Waals surface area contributed by atoms with E-state index in [2.05, 4.69) is 15.8 Å². The number of nitrogens with zero attached hydrogens (tertiary/aromatic N) is 1. The number of hydrogen-bond acceptors (Lipinski definition) is 8. The number of aryl methyl sites for hydroxylation is 1. The molecule has 1 amide bonds. The van der Waals surface area contributed by atoms with Crippen LogP contribution < -0.4 is 10.6 Å². The predicted molar refractivity (Wildman–Crippen MR) is 112 cm³/mol. The van der Waals surface area contributed by atoms with Crippen LogP contribution in [0, 0.1) is 6.92 Å². The van der Waals surface area contributed by atoms with E-state index in [4.69, 9.17) is 4.52 Å². The largest absolute Gasteiger partial charge is 0.360 e. The van der Waals surface area contributed by atoms with E-state index in [0.29, 0.717) is 5.76 Å². The van der Waals surface area contributed by atoms with Gasteiger partial charge in [-0.1, -0.05) is 31.1 Å². The summed E-state index contributed by atoms with van der Waals surface area (Å²) in [6, 6.07) is 7.12. The molecule has 3 rings (SSSR count). The molecule has 0 saturated carbocycles. The number of aromatic nitrogens is 1. The average Bonchev–Trinajstić information content (AvgIpc) is 3.22. The van der Waals surface area contributed by atoms with E-state index in [-0.39, 0.29) is 28.9 Å². The third-order valence-electron chi connectivity index (χ3n) is 4.99. The Morgan fingerprint density at radius 3 is 2.47 bits per heavy atom. The Morgan fingerprint density at radius 1 is 1.23 bits per heavy atom. The van der Waals surface area contributed by atoms with Gasteiger partial charge in [0.2, 0.25) is 5.91 Å². The Labute approximate surface area is 176 Å². The zero-order valence-electron chi connectivity index (χ0n) is 17.0. The highest BCUT2D eigenvalue weighted by Gasteiger charge is 2.45. The van der Waals surface area contributed by atoms with Crippen molar-refractivity contribution in [1.82, 2.24) is 10.5 Å². The molecule has 1 aliphatic rings. The van der Waals surface area contributed by atoms with Crippen LogP contribution in [0.3, 0.4) is 0 Å². The van der Waals surface area contributed by atoms with Gasteiger partial charge in [-0.3, -0.25) is 4.79 Å². The minimum absolute atomic E-state index is 0.0725. The highest BCUT2D eigenvalue weighted by Crippen LogP contribution is 2.27. The molecule has 30 heavy (non-hydrogen) atoms. The fraction of sp³-hybridized carbons (Fsp3) is 0.474. The maximum absolute atomic E-state index is 13.1. The van der Waals surface area contributed by atoms with Crippen LogP contribution in [0.5, 0.6) is 0 Å². The molecule has 1 fully saturated rings. The standard InChI is InChI=1S/C19H25N3O6S2/c1-12(2)14-4-6-15(7-5-14)30(26,27)17-11-29(24,25)10-16(17)20-9-19(23)21-18-8-13(3)28-22-18/h4-8,12,16-17,20H,9-11H2,1-3H3,(H,21,22,23)/t16-,17-/m0/s1. The number of amides is 1. The number of hydrogen-bond donors (Lipinski definition) is 2. The number of sulfone groups is 2. The number of nitrogens with one attached hydrogen (secondary N) is 2. The number of anilines is 1. The second-order valence-corrected chi connectivity index (χ2v) is 12.1. The van der Waals surface area contributed by atoms with Crippen LogP contribution in [0.15, 0.2) is 39.8 Å². The molecule has 1 aromatic heterocycles. The van der Waals surface area contributed by atoms with E-state index in [0.717, 1.165) is 5.56 Å². The van der Waals surface area contributed by atoms with E-state index < -0.39 is 42.6 Å². The number of carbonyl (C=O) groups excluding carboxylic acids is 1. The van der Waals surface area contributed by atoms with Crippen molar-refractivity contribution in [2.45, 2.75) is 42.9 Å². The van der Waals surface area contributed by atoms with Gasteiger partial charge < -0.3 is 15.2 Å². The van der Waals surface area contributed by atoms with E-state index in [1.165, 1.54) is 18.2 Å². The number of carbonyl (C=O) groups is 1. The van der Waals surface area contributed by atoms with E-state index in [9.17, 15) is 21.6 Å². The third-order valence-corrected chi connectivity index (χ3v) is 9.16. The zero-order valence-corrected chi connectivity index (χ0v) is 18.6. The molecule has 2 heterocycles. The van der Waals surface area contributed by atoms with Gasteiger partial charge in [-0.25, -0.2) is 16.8 Å². The maximum Gasteiger partial charge on any atom is 0.239 e. The summed E-state index contributed by atoms with van der Waals surface area (Å²) in [7, 11) is -7.47. The predicted octanol–water partition coefficient (Wildman–Crippen LogP) is 1.27. The van der Waals surface area contributed by atoms with Crippen molar-refractivity contribution in [2.75, 3.05) is 23.4 Å². The van der Waals surface area contributed by atoms with Crippen molar-refractivity contribution in [3.63, 3.8) is 0 Å². The lowest BCUT2D eigenvalue weighted by molar-refractivity contribution is -0.115. The third kappa shape index (κ3) is 5.08. The lowest BCUT2D eigenvalue weighted by atomic mass is 10.0. The average molecular weight is 456 g/mol. The molecule has 1 aromatic carbocycles. The normalized spacial score (nSPS) is 21.1. The minimum atomic E-state index is -3.91. The Balaban J connectivity index is 1.74. The van der Waals surface area contributed by atoms with Gasteiger partial charge in [0.05, 0.1) is 28.2 Å². The summed E-state index contributed by atoms with van der Waals surface area (Å²) in [6.07, 6.45) is 0. The van der Waals surface area contributed by atoms with Crippen molar-refractivity contribution in [1.29, 1.82) is 0 Å². The first-order valence-corrected chi connectivity index (χ1v) is 12.9. The van der Waals surface area contributed by atoms with Crippen LogP contribution in [0.2, 0.25) is 0 Å². The summed E-state index contributed by atoms with van der Waals surface area (Å²) in [4.78, 5) is 12.2. The minimum Gasteiger partial charge on any atom is -0.360 e. The summed E-state index contributed by atoms with van der Waals surface area (Å²) in [5, 5.41) is 7.77. The van der Waals surface area contributed by atoms with Gasteiger partial charge >= 0.3 is 0 Å². The molecule has 2 N–H and O–H groups in total. The fourth-order valence-electron chi connectivity index (χ4n) is 3.36. The van der Waals surface area contributed by atoms with E-state index in [1.807, 2.05) is 13.8 Å². The van der Waals surface area contributed by atoms with Gasteiger partial charge in [-0.2, -0.15) is 0 Å². The van der Waals surface area contributed by atoms with Gasteiger partial charge in [0.15, 0.2) is 25.5 Å². The zero-order chi connectivity index (χ0) is 22.1. The summed E-state index contributed by atoms with van der Waals surface area (Å²) in [5.74, 6) is -0.317. The molecule has 1 aliphatic heterocycles. The summed E-state index contributed by atoms with van der Waals surface area (Å²) >= 11 is 0. The molecule has 164 valence electrons. The van der Waals surface area contributed by atoms with Crippen molar-refractivity contribution in [3.8, 4) is 0 Å². The molecule has 0 aliphatic carbocycles. The van der Waals surface area contributed by atoms with E-state index >= 15 is 0 Å². The molecule has 2 atom stereocenters. The molecular weight excluding hydrogens is 430 g/mol. The molecule has 11 heteroatoms. The summed E-state index contributed by atoms with van der Waals surface area (Å²) in [5.41, 5.74) is 0.988. The van der Waals surface area contributed by atoms with Gasteiger partial charge in [-0.15, -0.1) is 0 Å². The van der Waals surface area contributed by atoms with Gasteiger partial charge in [0.25, 0.3) is 0 Å². The smallest absolute Gasteiger partial charge is 0.239 e. The van der Waals surface area contributed by atoms with Crippen LogP contribution in [-0.2, 0) is 24.5 Å². The highest BCUT2D eigenvalue weighted by atomic mass is 32.2. The lowest BCUT2D eigenvalue weighted by Crippen LogP contribution is -2.46. The highest BCUT2D eigenvalue weighted by molar-refractivity contribution is 7.96. The fourth-order valence-corrected chi connectivity index (χ4v) is 8.08. The molecular formula is C19H25N3O6S2. The van der Waals surface area contributed by atoms with Gasteiger partial charge in [0, 0.05) is 12.1 Å². The van der Waals surface area contributed by atoms with Crippen LogP contribution >= 0.6 is 0 Å². The van der Waals surface area contributed by atoms with Crippen LogP contribution in [0.1, 0.15) is 31.1 Å². The molecule has 0 spiro atoms. The Kier molecular flexibility index (Phi) is 6.34. The summed E-state index contributed by atoms with van der Waals surface area (Å²) < 4.78 is 55.5. The van der Waals surface area contributed by atoms with Crippen molar-refractivity contribution >= 4 is 31.4 Å². The van der Waals surface area contributed by atoms with Gasteiger partial charge in [-0.05, 0) is 30.5 Å². The number of benzene rings is 1. The SMILES string of the molecule is Cc1cc(NC(=O)CN[C@H]2CS(=O)(=O)C[C@@H]2S(=O)(=O)c2ccc(C(C)C)cc2)no1. The quantitative estimate of drug-likeness (QED) is 0.637. The van der Waals surface area contributed by atoms with Gasteiger partial charge in [0.1, 0.15) is 5.76 Å². The van der Waals surface area contributed by atoms with E-state index in [1.54, 1.807) is 19.1 Å². The van der Waals surface area contributed by atoms with Crippen LogP contribution in [0.25, 0.3) is 0 Å². The first kappa shape index (κ1) is 22.4. The monoisotopic (exact) mass is 455 g/mol. The number of rotatable bonds is 7. The molecule has 1 saturated heterocycles. The maximum atomic E-state index is 13.1. The lowest BCUT2D eigenvalue weighted by Gasteiger charge is -2.20.